The van der Waals surface area contributed by atoms with Crippen LogP contribution in [0.5, 0.6) is 0 Å². The van der Waals surface area contributed by atoms with E-state index in [-0.39, 0.29) is 5.91 Å². The Labute approximate surface area is 119 Å². The molecule has 17 heavy (non-hydrogen) atoms. The minimum absolute atomic E-state index is 0.158. The van der Waals surface area contributed by atoms with Gasteiger partial charge in [-0.1, -0.05) is 37.9 Å². The van der Waals surface area contributed by atoms with Gasteiger partial charge in [0, 0.05) is 28.0 Å². The highest BCUT2D eigenvalue weighted by molar-refractivity contribution is 9.10. The molecule has 0 spiro atoms. The van der Waals surface area contributed by atoms with Gasteiger partial charge in [-0.3, -0.25) is 4.79 Å². The Morgan fingerprint density at radius 3 is 2.76 bits per heavy atom. The van der Waals surface area contributed by atoms with Gasteiger partial charge in [0.05, 0.1) is 0 Å². The second-order valence-corrected chi connectivity index (χ2v) is 6.09. The zero-order chi connectivity index (χ0) is 12.4. The Morgan fingerprint density at radius 1 is 1.47 bits per heavy atom. The molecule has 1 fully saturated rings. The molecule has 1 aliphatic carbocycles. The standard InChI is InChI=1S/C13H15Br2NO/c1-9-2-3-10(15)8-12(9)13(17)16(7-6-14)11-4-5-11/h2-3,8,11H,4-7H2,1H3. The van der Waals surface area contributed by atoms with Crippen LogP contribution in [0.1, 0.15) is 28.8 Å². The van der Waals surface area contributed by atoms with Crippen LogP contribution in [0.3, 0.4) is 0 Å². The predicted octanol–water partition coefficient (Wildman–Crippen LogP) is 3.76. The van der Waals surface area contributed by atoms with E-state index in [4.69, 9.17) is 0 Å². The van der Waals surface area contributed by atoms with Crippen molar-refractivity contribution in [3.63, 3.8) is 0 Å². The van der Waals surface area contributed by atoms with Gasteiger partial charge in [-0.15, -0.1) is 0 Å². The van der Waals surface area contributed by atoms with Gasteiger partial charge in [0.2, 0.25) is 0 Å². The fourth-order valence-electron chi connectivity index (χ4n) is 1.91. The molecule has 1 saturated carbocycles. The largest absolute Gasteiger partial charge is 0.335 e. The molecule has 4 heteroatoms. The number of rotatable bonds is 4. The molecule has 0 saturated heterocycles. The third-order valence-electron chi connectivity index (χ3n) is 3.00. The first-order valence-corrected chi connectivity index (χ1v) is 7.68. The number of carbonyl (C=O) groups is 1. The number of nitrogens with zero attached hydrogens (tertiary/aromatic N) is 1. The second kappa shape index (κ2) is 5.53. The maximum absolute atomic E-state index is 12.5. The highest BCUT2D eigenvalue weighted by Gasteiger charge is 2.32. The van der Waals surface area contributed by atoms with E-state index in [1.165, 1.54) is 0 Å². The van der Waals surface area contributed by atoms with Crippen LogP contribution in [0.25, 0.3) is 0 Å². The molecule has 1 aliphatic rings. The third kappa shape index (κ3) is 3.10. The molecule has 0 atom stereocenters. The van der Waals surface area contributed by atoms with Gasteiger partial charge in [0.25, 0.3) is 5.91 Å². The zero-order valence-corrected chi connectivity index (χ0v) is 12.9. The average Bonchev–Trinajstić information content (AvgIpc) is 3.12. The van der Waals surface area contributed by atoms with Crippen LogP contribution in [0.4, 0.5) is 0 Å². The molecular weight excluding hydrogens is 346 g/mol. The Hall–Kier alpha value is -0.350. The normalized spacial score (nSPS) is 14.8. The van der Waals surface area contributed by atoms with Gasteiger partial charge in [-0.25, -0.2) is 0 Å². The summed E-state index contributed by atoms with van der Waals surface area (Å²) in [5.74, 6) is 0.158. The van der Waals surface area contributed by atoms with E-state index in [1.54, 1.807) is 0 Å². The van der Waals surface area contributed by atoms with Crippen molar-refractivity contribution in [2.24, 2.45) is 0 Å². The quantitative estimate of drug-likeness (QED) is 0.748. The Balaban J connectivity index is 2.24. The van der Waals surface area contributed by atoms with Gasteiger partial charge < -0.3 is 4.90 Å². The van der Waals surface area contributed by atoms with Crippen LogP contribution >= 0.6 is 31.9 Å². The molecule has 0 bridgehead atoms. The van der Waals surface area contributed by atoms with Gasteiger partial charge in [-0.2, -0.15) is 0 Å². The van der Waals surface area contributed by atoms with Gasteiger partial charge in [0.1, 0.15) is 0 Å². The molecule has 0 heterocycles. The number of hydrogen-bond donors (Lipinski definition) is 0. The molecule has 0 N–H and O–H groups in total. The third-order valence-corrected chi connectivity index (χ3v) is 3.85. The Morgan fingerprint density at radius 2 is 2.18 bits per heavy atom. The molecule has 2 nitrogen and oxygen atoms in total. The molecule has 1 aromatic rings. The monoisotopic (exact) mass is 359 g/mol. The summed E-state index contributed by atoms with van der Waals surface area (Å²) < 4.78 is 0.959. The second-order valence-electron chi connectivity index (χ2n) is 4.38. The van der Waals surface area contributed by atoms with E-state index in [0.717, 1.165) is 40.3 Å². The lowest BCUT2D eigenvalue weighted by atomic mass is 10.1. The molecule has 0 aliphatic heterocycles. The number of hydrogen-bond acceptors (Lipinski definition) is 1. The lowest BCUT2D eigenvalue weighted by Crippen LogP contribution is -2.35. The van der Waals surface area contributed by atoms with Crippen molar-refractivity contribution in [2.45, 2.75) is 25.8 Å². The first-order chi connectivity index (χ1) is 8.13. The van der Waals surface area contributed by atoms with Crippen LogP contribution < -0.4 is 0 Å². The molecule has 0 aromatic heterocycles. The molecule has 0 radical (unpaired) electrons. The summed E-state index contributed by atoms with van der Waals surface area (Å²) in [5.41, 5.74) is 1.85. The van der Waals surface area contributed by atoms with Crippen molar-refractivity contribution >= 4 is 37.8 Å². The molecular formula is C13H15Br2NO. The van der Waals surface area contributed by atoms with Crippen molar-refractivity contribution in [1.82, 2.24) is 4.90 Å². The van der Waals surface area contributed by atoms with Gasteiger partial charge >= 0.3 is 0 Å². The van der Waals surface area contributed by atoms with Crippen molar-refractivity contribution in [1.29, 1.82) is 0 Å². The lowest BCUT2D eigenvalue weighted by Gasteiger charge is -2.22. The highest BCUT2D eigenvalue weighted by Crippen LogP contribution is 2.29. The number of alkyl halides is 1. The van der Waals surface area contributed by atoms with Crippen molar-refractivity contribution < 1.29 is 4.79 Å². The Kier molecular flexibility index (Phi) is 4.26. The van der Waals surface area contributed by atoms with Crippen LogP contribution in [0.2, 0.25) is 0 Å². The summed E-state index contributed by atoms with van der Waals surface area (Å²) >= 11 is 6.84. The molecule has 92 valence electrons. The van der Waals surface area contributed by atoms with Crippen LogP contribution in [0.15, 0.2) is 22.7 Å². The molecule has 2 rings (SSSR count). The van der Waals surface area contributed by atoms with Crippen LogP contribution in [-0.2, 0) is 0 Å². The highest BCUT2D eigenvalue weighted by atomic mass is 79.9. The van der Waals surface area contributed by atoms with E-state index in [9.17, 15) is 4.79 Å². The first kappa shape index (κ1) is 13.1. The fraction of sp³-hybridized carbons (Fsp3) is 0.462. The fourth-order valence-corrected chi connectivity index (χ4v) is 2.65. The predicted molar refractivity (Wildman–Crippen MR) is 76.7 cm³/mol. The maximum atomic E-state index is 12.5. The number of aryl methyl sites for hydroxylation is 1. The van der Waals surface area contributed by atoms with E-state index < -0.39 is 0 Å². The Bertz CT molecular complexity index is 429. The van der Waals surface area contributed by atoms with Crippen LogP contribution in [0, 0.1) is 6.92 Å². The summed E-state index contributed by atoms with van der Waals surface area (Å²) in [6.45, 7) is 2.77. The van der Waals surface area contributed by atoms with E-state index >= 15 is 0 Å². The first-order valence-electron chi connectivity index (χ1n) is 5.76. The van der Waals surface area contributed by atoms with E-state index in [0.29, 0.717) is 6.04 Å². The van der Waals surface area contributed by atoms with E-state index in [1.807, 2.05) is 30.0 Å². The lowest BCUT2D eigenvalue weighted by molar-refractivity contribution is 0.0754. The van der Waals surface area contributed by atoms with Crippen molar-refractivity contribution in [3.8, 4) is 0 Å². The average molecular weight is 361 g/mol. The summed E-state index contributed by atoms with van der Waals surface area (Å²) in [6, 6.07) is 6.33. The van der Waals surface area contributed by atoms with Crippen LogP contribution in [-0.4, -0.2) is 28.7 Å². The summed E-state index contributed by atoms with van der Waals surface area (Å²) in [7, 11) is 0. The summed E-state index contributed by atoms with van der Waals surface area (Å²) in [5, 5.41) is 0.836. The molecule has 1 aromatic carbocycles. The minimum atomic E-state index is 0.158. The number of halogens is 2. The zero-order valence-electron chi connectivity index (χ0n) is 9.75. The topological polar surface area (TPSA) is 20.3 Å². The summed E-state index contributed by atoms with van der Waals surface area (Å²) in [6.07, 6.45) is 2.29. The minimum Gasteiger partial charge on any atom is -0.335 e. The molecule has 1 amide bonds. The van der Waals surface area contributed by atoms with Crippen molar-refractivity contribution in [2.75, 3.05) is 11.9 Å². The molecule has 0 unspecified atom stereocenters. The van der Waals surface area contributed by atoms with E-state index in [2.05, 4.69) is 31.9 Å². The number of benzene rings is 1. The number of carbonyl (C=O) groups excluding carboxylic acids is 1. The smallest absolute Gasteiger partial charge is 0.254 e. The summed E-state index contributed by atoms with van der Waals surface area (Å²) in [4.78, 5) is 14.5. The van der Waals surface area contributed by atoms with Crippen molar-refractivity contribution in [3.05, 3.63) is 33.8 Å². The number of amides is 1. The van der Waals surface area contributed by atoms with Gasteiger partial charge in [0.15, 0.2) is 0 Å². The maximum Gasteiger partial charge on any atom is 0.254 e. The van der Waals surface area contributed by atoms with Gasteiger partial charge in [-0.05, 0) is 37.5 Å². The SMILES string of the molecule is Cc1ccc(Br)cc1C(=O)N(CCBr)C1CC1.